The smallest absolute Gasteiger partial charge is 0.212 e. The first-order chi connectivity index (χ1) is 14.1. The summed E-state index contributed by atoms with van der Waals surface area (Å²) in [5.74, 6) is 0.387. The molecule has 0 unspecified atom stereocenters. The van der Waals surface area contributed by atoms with E-state index in [1.54, 1.807) is 19.2 Å². The fourth-order valence-corrected chi connectivity index (χ4v) is 4.03. The van der Waals surface area contributed by atoms with E-state index in [1.807, 2.05) is 47.9 Å². The van der Waals surface area contributed by atoms with Crippen LogP contribution in [0.2, 0.25) is 0 Å². The summed E-state index contributed by atoms with van der Waals surface area (Å²) in [4.78, 5) is 22.7. The van der Waals surface area contributed by atoms with Crippen LogP contribution in [0.1, 0.15) is 38.7 Å². The van der Waals surface area contributed by atoms with Crippen LogP contribution in [0.3, 0.4) is 0 Å². The summed E-state index contributed by atoms with van der Waals surface area (Å²) in [5.41, 5.74) is 4.23. The molecular weight excluding hydrogens is 365 g/mol. The highest BCUT2D eigenvalue weighted by molar-refractivity contribution is 6.30. The molecule has 0 saturated heterocycles. The van der Waals surface area contributed by atoms with Gasteiger partial charge in [0.05, 0.1) is 5.71 Å². The molecule has 0 bridgehead atoms. The number of ketones is 1. The number of halogens is 1. The predicted molar refractivity (Wildman–Crippen MR) is 111 cm³/mol. The first-order valence-electron chi connectivity index (χ1n) is 9.43. The number of aliphatic imine (C=N–C) groups is 1. The zero-order chi connectivity index (χ0) is 20.1. The predicted octanol–water partition coefficient (Wildman–Crippen LogP) is 4.54. The topological polar surface area (TPSA) is 47.2 Å². The van der Waals surface area contributed by atoms with Crippen molar-refractivity contribution in [3.63, 3.8) is 0 Å². The third-order valence-electron chi connectivity index (χ3n) is 5.46. The van der Waals surface area contributed by atoms with Gasteiger partial charge in [0.1, 0.15) is 23.0 Å². The van der Waals surface area contributed by atoms with Crippen molar-refractivity contribution in [3.05, 3.63) is 100 Å². The Morgan fingerprint density at radius 3 is 2.31 bits per heavy atom. The van der Waals surface area contributed by atoms with Crippen LogP contribution in [0, 0.1) is 12.7 Å². The molecule has 1 aliphatic rings. The summed E-state index contributed by atoms with van der Waals surface area (Å²) in [6.45, 7) is 2.32. The molecule has 0 aliphatic heterocycles. The Balaban J connectivity index is 1.70. The van der Waals surface area contributed by atoms with Crippen molar-refractivity contribution in [2.45, 2.75) is 13.5 Å². The second-order valence-electron chi connectivity index (χ2n) is 7.22. The molecule has 5 heteroatoms. The van der Waals surface area contributed by atoms with E-state index in [0.717, 1.165) is 33.4 Å². The summed E-state index contributed by atoms with van der Waals surface area (Å²) in [7, 11) is 1.72. The molecular formula is C24H18FN3O. The Bertz CT molecular complexity index is 1320. The highest BCUT2D eigenvalue weighted by Crippen LogP contribution is 2.32. The van der Waals surface area contributed by atoms with Crippen molar-refractivity contribution < 1.29 is 9.18 Å². The van der Waals surface area contributed by atoms with Gasteiger partial charge in [-0.3, -0.25) is 9.79 Å². The van der Waals surface area contributed by atoms with Crippen LogP contribution in [-0.2, 0) is 6.54 Å². The number of carbonyl (C=O) groups excluding carboxylic acids is 1. The molecule has 1 aliphatic carbocycles. The quantitative estimate of drug-likeness (QED) is 0.449. The average Bonchev–Trinajstić information content (AvgIpc) is 3.05. The van der Waals surface area contributed by atoms with Crippen LogP contribution in [0.25, 0.3) is 10.8 Å². The fourth-order valence-electron chi connectivity index (χ4n) is 4.03. The number of benzene rings is 3. The molecule has 0 fully saturated rings. The van der Waals surface area contributed by atoms with E-state index in [2.05, 4.69) is 9.98 Å². The van der Waals surface area contributed by atoms with Crippen LogP contribution in [0.4, 0.5) is 4.39 Å². The van der Waals surface area contributed by atoms with Crippen LogP contribution in [0.15, 0.2) is 65.7 Å². The molecule has 1 aromatic heterocycles. The van der Waals surface area contributed by atoms with E-state index in [4.69, 9.17) is 0 Å². The lowest BCUT2D eigenvalue weighted by Gasteiger charge is -2.19. The normalized spacial score (nSPS) is 14.3. The highest BCUT2D eigenvalue weighted by Gasteiger charge is 2.33. The first kappa shape index (κ1) is 17.5. The molecule has 4 nitrogen and oxygen atoms in total. The van der Waals surface area contributed by atoms with Gasteiger partial charge in [0.2, 0.25) is 5.78 Å². The van der Waals surface area contributed by atoms with Crippen molar-refractivity contribution in [1.29, 1.82) is 0 Å². The third-order valence-corrected chi connectivity index (χ3v) is 5.46. The molecule has 1 heterocycles. The molecule has 5 rings (SSSR count). The van der Waals surface area contributed by atoms with Gasteiger partial charge in [-0.15, -0.1) is 0 Å². The van der Waals surface area contributed by atoms with Gasteiger partial charge in [-0.2, -0.15) is 0 Å². The molecule has 29 heavy (non-hydrogen) atoms. The molecule has 0 atom stereocenters. The molecule has 0 saturated carbocycles. The zero-order valence-corrected chi connectivity index (χ0v) is 16.1. The van der Waals surface area contributed by atoms with Crippen molar-refractivity contribution in [2.75, 3.05) is 7.05 Å². The van der Waals surface area contributed by atoms with Gasteiger partial charge in [-0.25, -0.2) is 9.37 Å². The number of fused-ring (bicyclic) bond motifs is 3. The zero-order valence-electron chi connectivity index (χ0n) is 16.1. The van der Waals surface area contributed by atoms with Gasteiger partial charge in [-0.1, -0.05) is 36.4 Å². The maximum absolute atomic E-state index is 13.5. The van der Waals surface area contributed by atoms with Crippen molar-refractivity contribution in [1.82, 2.24) is 9.55 Å². The molecule has 4 aromatic rings. The van der Waals surface area contributed by atoms with E-state index >= 15 is 0 Å². The summed E-state index contributed by atoms with van der Waals surface area (Å²) in [6.07, 6.45) is 0. The largest absolute Gasteiger partial charge is 0.320 e. The van der Waals surface area contributed by atoms with Crippen LogP contribution >= 0.6 is 0 Å². The van der Waals surface area contributed by atoms with E-state index in [-0.39, 0.29) is 11.6 Å². The molecule has 142 valence electrons. The number of hydrogen-bond donors (Lipinski definition) is 0. The van der Waals surface area contributed by atoms with E-state index in [0.29, 0.717) is 23.5 Å². The average molecular weight is 383 g/mol. The third kappa shape index (κ3) is 2.70. The Kier molecular flexibility index (Phi) is 3.91. The Morgan fingerprint density at radius 2 is 1.66 bits per heavy atom. The molecule has 0 N–H and O–H groups in total. The lowest BCUT2D eigenvalue weighted by atomic mass is 9.87. The van der Waals surface area contributed by atoms with Gasteiger partial charge in [0.25, 0.3) is 0 Å². The van der Waals surface area contributed by atoms with Gasteiger partial charge in [-0.05, 0) is 47.5 Å². The van der Waals surface area contributed by atoms with Gasteiger partial charge >= 0.3 is 0 Å². The highest BCUT2D eigenvalue weighted by atomic mass is 19.1. The monoisotopic (exact) mass is 383 g/mol. The number of aryl methyl sites for hydroxylation is 1. The molecule has 0 radical (unpaired) electrons. The van der Waals surface area contributed by atoms with Gasteiger partial charge in [0.15, 0.2) is 0 Å². The summed E-state index contributed by atoms with van der Waals surface area (Å²) in [5, 5.41) is 2.07. The Labute approximate surface area is 167 Å². The molecule has 0 spiro atoms. The second-order valence-corrected chi connectivity index (χ2v) is 7.22. The number of hydrogen-bond acceptors (Lipinski definition) is 3. The standard InChI is InChI=1S/C24H18FN3O/c1-14-27-22-21(26-2)19-11-16-5-3-4-6-17(16)12-20(19)24(29)23(22)28(14)13-15-7-9-18(25)10-8-15/h3-12H,13H2,1-2H3. The minimum absolute atomic E-state index is 0.0594. The van der Waals surface area contributed by atoms with Crippen molar-refractivity contribution in [3.8, 4) is 0 Å². The number of rotatable bonds is 2. The SMILES string of the molecule is CN=C1c2cc3ccccc3cc2C(=O)c2c1nc(C)n2Cc1ccc(F)cc1. The minimum Gasteiger partial charge on any atom is -0.320 e. The summed E-state index contributed by atoms with van der Waals surface area (Å²) in [6, 6.07) is 18.2. The maximum atomic E-state index is 13.5. The lowest BCUT2D eigenvalue weighted by Crippen LogP contribution is -2.24. The number of aromatic nitrogens is 2. The Hall–Kier alpha value is -3.60. The fraction of sp³-hybridized carbons (Fsp3) is 0.125. The molecule has 3 aromatic carbocycles. The maximum Gasteiger partial charge on any atom is 0.212 e. The van der Waals surface area contributed by atoms with Crippen LogP contribution in [-0.4, -0.2) is 28.1 Å². The Morgan fingerprint density at radius 1 is 1.00 bits per heavy atom. The summed E-state index contributed by atoms with van der Waals surface area (Å²) >= 11 is 0. The number of carbonyl (C=O) groups is 1. The van der Waals surface area contributed by atoms with Crippen LogP contribution < -0.4 is 0 Å². The molecule has 0 amide bonds. The van der Waals surface area contributed by atoms with E-state index in [9.17, 15) is 9.18 Å². The van der Waals surface area contributed by atoms with Crippen molar-refractivity contribution >= 4 is 22.3 Å². The second kappa shape index (κ2) is 6.48. The van der Waals surface area contributed by atoms with Crippen LogP contribution in [0.5, 0.6) is 0 Å². The van der Waals surface area contributed by atoms with Crippen molar-refractivity contribution in [2.24, 2.45) is 4.99 Å². The minimum atomic E-state index is -0.282. The lowest BCUT2D eigenvalue weighted by molar-refractivity contribution is 0.102. The van der Waals surface area contributed by atoms with Gasteiger partial charge < -0.3 is 4.57 Å². The van der Waals surface area contributed by atoms with E-state index < -0.39 is 0 Å². The number of imidazole rings is 1. The first-order valence-corrected chi connectivity index (χ1v) is 9.43. The number of nitrogens with zero attached hydrogens (tertiary/aromatic N) is 3. The van der Waals surface area contributed by atoms with E-state index in [1.165, 1.54) is 12.1 Å². The van der Waals surface area contributed by atoms with Gasteiger partial charge in [0, 0.05) is 24.7 Å². The summed E-state index contributed by atoms with van der Waals surface area (Å²) < 4.78 is 15.2.